The maximum atomic E-state index is 12.5. The van der Waals surface area contributed by atoms with E-state index in [1.54, 1.807) is 12.1 Å². The summed E-state index contributed by atoms with van der Waals surface area (Å²) < 4.78 is 27.5. The molecule has 0 aromatic heterocycles. The minimum atomic E-state index is -3.53. The van der Waals surface area contributed by atoms with Gasteiger partial charge in [0.1, 0.15) is 10.7 Å². The largest absolute Gasteiger partial charge is 0.266 e. The summed E-state index contributed by atoms with van der Waals surface area (Å²) in [6.07, 6.45) is 0.825. The minimum Gasteiger partial charge on any atom is -0.266 e. The molecule has 1 aromatic carbocycles. The number of benzene rings is 1. The Kier molecular flexibility index (Phi) is 3.69. The smallest absolute Gasteiger partial charge is 0.264 e. The average molecular weight is 308 g/mol. The number of hydrogen-bond acceptors (Lipinski definition) is 3. The zero-order valence-corrected chi connectivity index (χ0v) is 14.4. The van der Waals surface area contributed by atoms with Gasteiger partial charge in [0.15, 0.2) is 0 Å². The van der Waals surface area contributed by atoms with Crippen molar-refractivity contribution in [3.63, 3.8) is 0 Å². The Morgan fingerprint density at radius 1 is 1.10 bits per heavy atom. The summed E-state index contributed by atoms with van der Waals surface area (Å²) in [6, 6.07) is 5.51. The molecule has 4 nitrogen and oxygen atoms in total. The maximum absolute atomic E-state index is 12.5. The Bertz CT molecular complexity index is 690. The maximum Gasteiger partial charge on any atom is 0.264 e. The fourth-order valence-corrected chi connectivity index (χ4v) is 3.65. The van der Waals surface area contributed by atoms with Crippen molar-refractivity contribution in [1.82, 2.24) is 4.72 Å². The minimum absolute atomic E-state index is 0.111. The Hall–Kier alpha value is -1.36. The van der Waals surface area contributed by atoms with Crippen molar-refractivity contribution >= 4 is 21.5 Å². The third-order valence-corrected chi connectivity index (χ3v) is 4.59. The van der Waals surface area contributed by atoms with Crippen molar-refractivity contribution < 1.29 is 8.42 Å². The van der Waals surface area contributed by atoms with Crippen molar-refractivity contribution in [3.05, 3.63) is 23.8 Å². The first kappa shape index (κ1) is 16.0. The predicted molar refractivity (Wildman–Crippen MR) is 86.5 cm³/mol. The first-order valence-corrected chi connectivity index (χ1v) is 8.62. The second-order valence-electron chi connectivity index (χ2n) is 7.86. The summed E-state index contributed by atoms with van der Waals surface area (Å²) >= 11 is 0. The lowest BCUT2D eigenvalue weighted by atomic mass is 9.88. The fourth-order valence-electron chi connectivity index (χ4n) is 2.23. The zero-order chi connectivity index (χ0) is 16.1. The van der Waals surface area contributed by atoms with Crippen molar-refractivity contribution in [2.75, 3.05) is 0 Å². The Morgan fingerprint density at radius 3 is 2.24 bits per heavy atom. The molecule has 0 spiro atoms. The number of sulfonamides is 1. The van der Waals surface area contributed by atoms with Gasteiger partial charge in [0.2, 0.25) is 0 Å². The lowest BCUT2D eigenvalue weighted by Gasteiger charge is -2.27. The molecule has 1 aliphatic heterocycles. The van der Waals surface area contributed by atoms with E-state index in [1.165, 1.54) is 0 Å². The molecule has 0 saturated carbocycles. The number of hydrogen-bond donors (Lipinski definition) is 1. The lowest BCUT2D eigenvalue weighted by Crippen LogP contribution is -2.41. The van der Waals surface area contributed by atoms with Gasteiger partial charge in [-0.1, -0.05) is 47.6 Å². The van der Waals surface area contributed by atoms with Crippen LogP contribution in [0.3, 0.4) is 0 Å². The molecule has 1 N–H and O–H groups in total. The summed E-state index contributed by atoms with van der Waals surface area (Å²) in [7, 11) is -3.53. The first-order valence-electron chi connectivity index (χ1n) is 7.13. The van der Waals surface area contributed by atoms with Gasteiger partial charge in [-0.3, -0.25) is 4.72 Å². The van der Waals surface area contributed by atoms with Gasteiger partial charge >= 0.3 is 0 Å². The van der Waals surface area contributed by atoms with Crippen molar-refractivity contribution in [2.24, 2.45) is 15.8 Å². The van der Waals surface area contributed by atoms with E-state index in [-0.39, 0.29) is 15.7 Å². The number of aliphatic imine (C=N–C) groups is 1. The summed E-state index contributed by atoms with van der Waals surface area (Å²) in [4.78, 5) is 4.75. The van der Waals surface area contributed by atoms with Crippen LogP contribution in [0, 0.1) is 10.8 Å². The van der Waals surface area contributed by atoms with E-state index in [2.05, 4.69) is 30.5 Å². The van der Waals surface area contributed by atoms with Gasteiger partial charge in [0, 0.05) is 5.41 Å². The van der Waals surface area contributed by atoms with Crippen LogP contribution >= 0.6 is 0 Å². The summed E-state index contributed by atoms with van der Waals surface area (Å²) in [5, 5.41) is 0. The van der Waals surface area contributed by atoms with Gasteiger partial charge in [0.05, 0.1) is 5.69 Å². The molecule has 0 amide bonds. The Balaban J connectivity index is 2.52. The van der Waals surface area contributed by atoms with Gasteiger partial charge in [0.25, 0.3) is 10.0 Å². The summed E-state index contributed by atoms with van der Waals surface area (Å²) in [5.74, 6) is 0.485. The molecule has 1 heterocycles. The van der Waals surface area contributed by atoms with Crippen molar-refractivity contribution in [1.29, 1.82) is 0 Å². The van der Waals surface area contributed by atoms with Gasteiger partial charge in [-0.25, -0.2) is 13.4 Å². The third-order valence-electron chi connectivity index (χ3n) is 3.22. The molecule has 0 unspecified atom stereocenters. The number of nitrogens with one attached hydrogen (secondary N) is 1. The normalized spacial score (nSPS) is 17.7. The van der Waals surface area contributed by atoms with E-state index < -0.39 is 10.0 Å². The number of rotatable bonds is 1. The van der Waals surface area contributed by atoms with Crippen LogP contribution in [-0.2, 0) is 16.4 Å². The van der Waals surface area contributed by atoms with E-state index in [9.17, 15) is 8.42 Å². The standard InChI is InChI=1S/C16H24N2O2S/c1-15(2,3)10-11-7-8-12-13(9-11)21(19,20)18-14(17-12)16(4,5)6/h7-9H,10H2,1-6H3,(H,17,18). The molecule has 0 saturated heterocycles. The SMILES string of the molecule is CC(C)(C)Cc1ccc2c(c1)S(=O)(=O)NC(C(C)(C)C)=N2. The van der Waals surface area contributed by atoms with Gasteiger partial charge in [-0.15, -0.1) is 0 Å². The zero-order valence-electron chi connectivity index (χ0n) is 13.6. The molecule has 116 valence electrons. The highest BCUT2D eigenvalue weighted by atomic mass is 32.2. The van der Waals surface area contributed by atoms with Crippen LogP contribution in [0.2, 0.25) is 0 Å². The van der Waals surface area contributed by atoms with E-state index in [0.29, 0.717) is 11.5 Å². The number of nitrogens with zero attached hydrogens (tertiary/aromatic N) is 1. The topological polar surface area (TPSA) is 58.5 Å². The van der Waals surface area contributed by atoms with E-state index >= 15 is 0 Å². The average Bonchev–Trinajstić information content (AvgIpc) is 2.25. The number of amidine groups is 1. The van der Waals surface area contributed by atoms with Crippen LogP contribution in [0.4, 0.5) is 5.69 Å². The molecular formula is C16H24N2O2S. The van der Waals surface area contributed by atoms with Gasteiger partial charge in [-0.05, 0) is 29.5 Å². The van der Waals surface area contributed by atoms with Crippen LogP contribution in [0.15, 0.2) is 28.1 Å². The first-order chi connectivity index (χ1) is 9.38. The Morgan fingerprint density at radius 2 is 1.71 bits per heavy atom. The molecule has 1 aliphatic rings. The highest BCUT2D eigenvalue weighted by Gasteiger charge is 2.31. The second kappa shape index (κ2) is 4.83. The molecule has 1 aromatic rings. The van der Waals surface area contributed by atoms with E-state index in [0.717, 1.165) is 12.0 Å². The monoisotopic (exact) mass is 308 g/mol. The van der Waals surface area contributed by atoms with E-state index in [1.807, 2.05) is 26.8 Å². The predicted octanol–water partition coefficient (Wildman–Crippen LogP) is 3.64. The highest BCUT2D eigenvalue weighted by molar-refractivity contribution is 7.90. The van der Waals surface area contributed by atoms with Gasteiger partial charge < -0.3 is 0 Å². The van der Waals surface area contributed by atoms with Crippen LogP contribution in [0.1, 0.15) is 47.1 Å². The van der Waals surface area contributed by atoms with Crippen LogP contribution in [-0.4, -0.2) is 14.3 Å². The molecule has 0 aliphatic carbocycles. The fraction of sp³-hybridized carbons (Fsp3) is 0.562. The quantitative estimate of drug-likeness (QED) is 0.861. The molecular weight excluding hydrogens is 284 g/mol. The molecule has 0 bridgehead atoms. The molecule has 0 radical (unpaired) electrons. The third kappa shape index (κ3) is 3.64. The van der Waals surface area contributed by atoms with Crippen molar-refractivity contribution in [2.45, 2.75) is 52.9 Å². The summed E-state index contributed by atoms with van der Waals surface area (Å²) in [6.45, 7) is 12.2. The Labute approximate surface area is 127 Å². The molecule has 0 fully saturated rings. The second-order valence-corrected chi connectivity index (χ2v) is 9.51. The van der Waals surface area contributed by atoms with Crippen molar-refractivity contribution in [3.8, 4) is 0 Å². The summed E-state index contributed by atoms with van der Waals surface area (Å²) in [5.41, 5.74) is 1.31. The van der Waals surface area contributed by atoms with Crippen LogP contribution in [0.5, 0.6) is 0 Å². The molecule has 0 atom stereocenters. The van der Waals surface area contributed by atoms with Crippen LogP contribution < -0.4 is 4.72 Å². The molecule has 2 rings (SSSR count). The molecule has 5 heteroatoms. The lowest BCUT2D eigenvalue weighted by molar-refractivity contribution is 0.411. The van der Waals surface area contributed by atoms with E-state index in [4.69, 9.17) is 0 Å². The van der Waals surface area contributed by atoms with Gasteiger partial charge in [-0.2, -0.15) is 0 Å². The number of fused-ring (bicyclic) bond motifs is 1. The molecule has 21 heavy (non-hydrogen) atoms. The van der Waals surface area contributed by atoms with Crippen LogP contribution in [0.25, 0.3) is 0 Å². The highest BCUT2D eigenvalue weighted by Crippen LogP contribution is 2.33.